The van der Waals surface area contributed by atoms with Crippen LogP contribution in [-0.4, -0.2) is 35.6 Å². The van der Waals surface area contributed by atoms with E-state index in [9.17, 15) is 9.59 Å². The molecule has 0 bridgehead atoms. The molecule has 4 nitrogen and oxygen atoms in total. The van der Waals surface area contributed by atoms with Gasteiger partial charge in [0.05, 0.1) is 0 Å². The number of fused-ring (bicyclic) bond motifs is 6. The number of rotatable bonds is 1. The zero-order chi connectivity index (χ0) is 21.8. The minimum atomic E-state index is -0.208. The fourth-order valence-electron chi connectivity index (χ4n) is 5.14. The number of hydrogen-bond donors (Lipinski definition) is 0. The number of hydrogen-bond acceptors (Lipinski definition) is 4. The summed E-state index contributed by atoms with van der Waals surface area (Å²) in [5.41, 5.74) is 5.85. The van der Waals surface area contributed by atoms with Gasteiger partial charge in [0.25, 0.3) is 0 Å². The monoisotopic (exact) mass is 500 g/mol. The first-order valence-electron chi connectivity index (χ1n) is 10.4. The van der Waals surface area contributed by atoms with Crippen molar-refractivity contribution in [2.45, 2.75) is 19.3 Å². The summed E-state index contributed by atoms with van der Waals surface area (Å²) in [6.07, 6.45) is 3.62. The molecule has 4 aromatic heterocycles. The molecule has 1 aliphatic carbocycles. The van der Waals surface area contributed by atoms with Crippen molar-refractivity contribution in [3.8, 4) is 5.00 Å². The van der Waals surface area contributed by atoms with Crippen LogP contribution in [0.4, 0.5) is 0 Å². The SMILES string of the molecule is CC1(C)c2cc(C=C3C(=O)c4c[se]cc4C3=O)sc2-n2c3ncccc3c3cccc1c32. The molecule has 0 saturated carbocycles. The molecule has 5 heterocycles. The van der Waals surface area contributed by atoms with Gasteiger partial charge in [0.15, 0.2) is 0 Å². The van der Waals surface area contributed by atoms with Crippen molar-refractivity contribution in [1.82, 2.24) is 9.55 Å². The van der Waals surface area contributed by atoms with Gasteiger partial charge in [0.1, 0.15) is 0 Å². The van der Waals surface area contributed by atoms with Gasteiger partial charge in [-0.25, -0.2) is 0 Å². The third kappa shape index (κ3) is 2.15. The Bertz CT molecular complexity index is 1660. The van der Waals surface area contributed by atoms with E-state index in [-0.39, 0.29) is 37.1 Å². The average Bonchev–Trinajstić information content (AvgIpc) is 3.54. The molecule has 7 rings (SSSR count). The molecule has 2 aliphatic rings. The Morgan fingerprint density at radius 1 is 1.00 bits per heavy atom. The zero-order valence-corrected chi connectivity index (χ0v) is 19.8. The summed E-state index contributed by atoms with van der Waals surface area (Å²) < 4.78 is 2.26. The maximum atomic E-state index is 12.8. The number of ketones is 2. The molecule has 0 radical (unpaired) electrons. The van der Waals surface area contributed by atoms with E-state index in [0.717, 1.165) is 20.9 Å². The van der Waals surface area contributed by atoms with Crippen LogP contribution in [0.2, 0.25) is 0 Å². The summed E-state index contributed by atoms with van der Waals surface area (Å²) in [5, 5.41) is 3.45. The fraction of sp³-hybridized carbons (Fsp3) is 0.115. The molecule has 0 spiro atoms. The van der Waals surface area contributed by atoms with Gasteiger partial charge < -0.3 is 0 Å². The van der Waals surface area contributed by atoms with Gasteiger partial charge in [-0.05, 0) is 6.07 Å². The van der Waals surface area contributed by atoms with Crippen LogP contribution in [0.15, 0.2) is 58.0 Å². The van der Waals surface area contributed by atoms with E-state index in [1.807, 2.05) is 22.1 Å². The quantitative estimate of drug-likeness (QED) is 0.176. The Morgan fingerprint density at radius 2 is 1.75 bits per heavy atom. The second-order valence-electron chi connectivity index (χ2n) is 8.82. The summed E-state index contributed by atoms with van der Waals surface area (Å²) in [5.74, 6) is -0.268. The van der Waals surface area contributed by atoms with Gasteiger partial charge in [0.2, 0.25) is 0 Å². The Balaban J connectivity index is 1.51. The van der Waals surface area contributed by atoms with Crippen molar-refractivity contribution in [2.75, 3.05) is 0 Å². The number of pyridine rings is 1. The standard InChI is InChI=1S/C26H16N2O2SSe/c1-26(2)19-7-3-5-14-15-6-4-8-27-24(15)28(21(14)19)25-20(26)10-13(31-25)9-16-22(29)17-11-32-12-18(17)23(16)30/h3-12H,1-2H3. The number of thiophene rings is 1. The van der Waals surface area contributed by atoms with E-state index in [1.54, 1.807) is 17.4 Å². The number of nitrogens with zero attached hydrogens (tertiary/aromatic N) is 2. The molecule has 1 aromatic carbocycles. The molecule has 0 atom stereocenters. The van der Waals surface area contributed by atoms with E-state index >= 15 is 0 Å². The summed E-state index contributed by atoms with van der Waals surface area (Å²) in [7, 11) is 0. The third-order valence-corrected chi connectivity index (χ3v) is 9.38. The maximum absolute atomic E-state index is 12.8. The van der Waals surface area contributed by atoms with Crippen molar-refractivity contribution in [2.24, 2.45) is 0 Å². The Morgan fingerprint density at radius 3 is 2.53 bits per heavy atom. The molecular formula is C26H16N2O2SSe. The summed E-state index contributed by atoms with van der Waals surface area (Å²) in [6.45, 7) is 4.49. The molecule has 1 aliphatic heterocycles. The first kappa shape index (κ1) is 18.5. The number of allylic oxidation sites excluding steroid dienone is 1. The molecule has 0 amide bonds. The van der Waals surface area contributed by atoms with Crippen LogP contribution >= 0.6 is 11.3 Å². The van der Waals surface area contributed by atoms with E-state index in [4.69, 9.17) is 4.98 Å². The summed E-state index contributed by atoms with van der Waals surface area (Å²) in [6, 6.07) is 12.7. The Labute approximate surface area is 193 Å². The van der Waals surface area contributed by atoms with Crippen molar-refractivity contribution in [3.63, 3.8) is 0 Å². The summed E-state index contributed by atoms with van der Waals surface area (Å²) in [4.78, 5) is 35.1. The fourth-order valence-corrected chi connectivity index (χ4v) is 8.11. The van der Waals surface area contributed by atoms with Gasteiger partial charge in [-0.1, -0.05) is 0 Å². The molecule has 6 heteroatoms. The van der Waals surface area contributed by atoms with E-state index in [1.165, 1.54) is 22.0 Å². The van der Waals surface area contributed by atoms with Gasteiger partial charge in [-0.2, -0.15) is 0 Å². The number of carbonyl (C=O) groups is 2. The van der Waals surface area contributed by atoms with Gasteiger partial charge in [-0.3, -0.25) is 0 Å². The van der Waals surface area contributed by atoms with Gasteiger partial charge >= 0.3 is 188 Å². The molecule has 32 heavy (non-hydrogen) atoms. The molecule has 0 saturated heterocycles. The van der Waals surface area contributed by atoms with Crippen molar-refractivity contribution >= 4 is 65.4 Å². The van der Waals surface area contributed by atoms with Crippen molar-refractivity contribution in [1.29, 1.82) is 0 Å². The molecule has 154 valence electrons. The third-order valence-electron chi connectivity index (χ3n) is 6.76. The van der Waals surface area contributed by atoms with Crippen molar-refractivity contribution < 1.29 is 9.59 Å². The average molecular weight is 499 g/mol. The van der Waals surface area contributed by atoms with Gasteiger partial charge in [0, 0.05) is 0 Å². The van der Waals surface area contributed by atoms with Crippen LogP contribution in [0.1, 0.15) is 50.6 Å². The number of para-hydroxylation sites is 1. The second kappa shape index (κ2) is 6.04. The van der Waals surface area contributed by atoms with Gasteiger partial charge in [-0.15, -0.1) is 0 Å². The predicted molar refractivity (Wildman–Crippen MR) is 129 cm³/mol. The topological polar surface area (TPSA) is 52.0 Å². The number of Topliss-reactive ketones (excluding diaryl/α,β-unsaturated/α-hetero) is 2. The van der Waals surface area contributed by atoms with Crippen LogP contribution in [0, 0.1) is 0 Å². The Kier molecular flexibility index (Phi) is 3.50. The predicted octanol–water partition coefficient (Wildman–Crippen LogP) is 5.40. The van der Waals surface area contributed by atoms with Crippen LogP contribution in [0.3, 0.4) is 0 Å². The molecule has 0 N–H and O–H groups in total. The molecule has 0 unspecified atom stereocenters. The molecule has 0 fully saturated rings. The first-order chi connectivity index (χ1) is 15.5. The number of benzene rings is 1. The van der Waals surface area contributed by atoms with Crippen LogP contribution in [0.25, 0.3) is 33.0 Å². The van der Waals surface area contributed by atoms with Crippen molar-refractivity contribution in [3.05, 3.63) is 85.2 Å². The van der Waals surface area contributed by atoms with E-state index in [0.29, 0.717) is 11.1 Å². The molecule has 5 aromatic rings. The van der Waals surface area contributed by atoms with Crippen LogP contribution in [0.5, 0.6) is 0 Å². The minimum absolute atomic E-state index is 0.118. The second-order valence-corrected chi connectivity index (χ2v) is 11.4. The number of aromatic nitrogens is 2. The number of carbonyl (C=O) groups excluding carboxylic acids is 2. The van der Waals surface area contributed by atoms with E-state index < -0.39 is 0 Å². The first-order valence-corrected chi connectivity index (χ1v) is 13.2. The Hall–Kier alpha value is -3.05. The normalized spacial score (nSPS) is 16.1. The zero-order valence-electron chi connectivity index (χ0n) is 17.3. The van der Waals surface area contributed by atoms with Crippen LogP contribution < -0.4 is 0 Å². The van der Waals surface area contributed by atoms with E-state index in [2.05, 4.69) is 48.7 Å². The van der Waals surface area contributed by atoms with Crippen LogP contribution in [-0.2, 0) is 5.41 Å². The summed E-state index contributed by atoms with van der Waals surface area (Å²) >= 11 is 1.74. The molecular weight excluding hydrogens is 483 g/mol.